The van der Waals surface area contributed by atoms with Gasteiger partial charge in [0.1, 0.15) is 5.54 Å². The number of hydrogen-bond donors (Lipinski definition) is 1. The molecule has 16 heavy (non-hydrogen) atoms. The second-order valence-corrected chi connectivity index (χ2v) is 5.13. The minimum atomic E-state index is -0.965. The lowest BCUT2D eigenvalue weighted by atomic mass is 9.72. The standard InChI is InChI=1S/C12H21NO3/c1-9(2)10-4-6-12(7-5-10,11(15)16)13(3)8-14/h8-10H,4-7H2,1-3H3,(H,15,16). The first-order valence-corrected chi connectivity index (χ1v) is 5.85. The molecule has 4 nitrogen and oxygen atoms in total. The zero-order chi connectivity index (χ0) is 12.3. The van der Waals surface area contributed by atoms with Crippen molar-refractivity contribution in [3.63, 3.8) is 0 Å². The molecule has 0 heterocycles. The van der Waals surface area contributed by atoms with Gasteiger partial charge in [0, 0.05) is 7.05 Å². The van der Waals surface area contributed by atoms with Crippen LogP contribution in [-0.2, 0) is 9.59 Å². The Morgan fingerprint density at radius 3 is 2.25 bits per heavy atom. The highest BCUT2D eigenvalue weighted by molar-refractivity contribution is 5.81. The lowest BCUT2D eigenvalue weighted by molar-refractivity contribution is -0.157. The summed E-state index contributed by atoms with van der Waals surface area (Å²) in [5.41, 5.74) is -0.965. The van der Waals surface area contributed by atoms with Crippen molar-refractivity contribution in [2.24, 2.45) is 11.8 Å². The first kappa shape index (κ1) is 13.0. The van der Waals surface area contributed by atoms with Gasteiger partial charge < -0.3 is 10.0 Å². The van der Waals surface area contributed by atoms with E-state index < -0.39 is 11.5 Å². The number of aliphatic carboxylic acids is 1. The van der Waals surface area contributed by atoms with Crippen molar-refractivity contribution < 1.29 is 14.7 Å². The molecule has 0 radical (unpaired) electrons. The van der Waals surface area contributed by atoms with Gasteiger partial charge in [-0.15, -0.1) is 0 Å². The fourth-order valence-corrected chi connectivity index (χ4v) is 2.60. The van der Waals surface area contributed by atoms with Crippen LogP contribution in [0.15, 0.2) is 0 Å². The molecule has 0 unspecified atom stereocenters. The summed E-state index contributed by atoms with van der Waals surface area (Å²) in [6, 6.07) is 0. The molecule has 1 fully saturated rings. The summed E-state index contributed by atoms with van der Waals surface area (Å²) in [4.78, 5) is 23.5. The highest BCUT2D eigenvalue weighted by Gasteiger charge is 2.45. The smallest absolute Gasteiger partial charge is 0.329 e. The van der Waals surface area contributed by atoms with Gasteiger partial charge in [0.25, 0.3) is 0 Å². The Balaban J connectivity index is 2.78. The molecule has 0 spiro atoms. The molecule has 0 aromatic rings. The van der Waals surface area contributed by atoms with E-state index in [2.05, 4.69) is 13.8 Å². The molecule has 0 aromatic heterocycles. The maximum absolute atomic E-state index is 11.4. The van der Waals surface area contributed by atoms with E-state index in [-0.39, 0.29) is 0 Å². The van der Waals surface area contributed by atoms with Gasteiger partial charge in [-0.1, -0.05) is 13.8 Å². The molecule has 92 valence electrons. The van der Waals surface area contributed by atoms with E-state index in [1.165, 1.54) is 4.90 Å². The zero-order valence-electron chi connectivity index (χ0n) is 10.3. The lowest BCUT2D eigenvalue weighted by Crippen LogP contribution is -2.54. The van der Waals surface area contributed by atoms with Crippen LogP contribution in [0, 0.1) is 11.8 Å². The van der Waals surface area contributed by atoms with E-state index in [0.717, 1.165) is 12.8 Å². The molecule has 0 aliphatic heterocycles. The van der Waals surface area contributed by atoms with Gasteiger partial charge in [-0.25, -0.2) is 4.79 Å². The topological polar surface area (TPSA) is 57.6 Å². The summed E-state index contributed by atoms with van der Waals surface area (Å²) in [7, 11) is 1.57. The number of carboxylic acids is 1. The van der Waals surface area contributed by atoms with E-state index in [0.29, 0.717) is 31.1 Å². The molecule has 1 N–H and O–H groups in total. The Hall–Kier alpha value is -1.06. The van der Waals surface area contributed by atoms with E-state index in [1.54, 1.807) is 7.05 Å². The third-order valence-electron chi connectivity index (χ3n) is 4.03. The number of carboxylic acid groups (broad SMARTS) is 1. The van der Waals surface area contributed by atoms with Crippen LogP contribution in [0.1, 0.15) is 39.5 Å². The average Bonchev–Trinajstić information content (AvgIpc) is 2.27. The van der Waals surface area contributed by atoms with Gasteiger partial charge in [0.05, 0.1) is 0 Å². The first-order chi connectivity index (χ1) is 7.44. The quantitative estimate of drug-likeness (QED) is 0.744. The number of amides is 1. The first-order valence-electron chi connectivity index (χ1n) is 5.85. The van der Waals surface area contributed by atoms with Gasteiger partial charge in [-0.3, -0.25) is 4.79 Å². The van der Waals surface area contributed by atoms with Crippen LogP contribution < -0.4 is 0 Å². The molecule has 1 rings (SSSR count). The molecule has 0 aromatic carbocycles. The summed E-state index contributed by atoms with van der Waals surface area (Å²) in [6.07, 6.45) is 3.55. The predicted molar refractivity (Wildman–Crippen MR) is 61.0 cm³/mol. The fraction of sp³-hybridized carbons (Fsp3) is 0.833. The lowest BCUT2D eigenvalue weighted by Gasteiger charge is -2.42. The zero-order valence-corrected chi connectivity index (χ0v) is 10.3. The van der Waals surface area contributed by atoms with Crippen molar-refractivity contribution in [2.45, 2.75) is 45.1 Å². The summed E-state index contributed by atoms with van der Waals surface area (Å²) in [5, 5.41) is 9.31. The summed E-state index contributed by atoms with van der Waals surface area (Å²) >= 11 is 0. The summed E-state index contributed by atoms with van der Waals surface area (Å²) < 4.78 is 0. The second kappa shape index (κ2) is 4.85. The molecule has 1 amide bonds. The highest BCUT2D eigenvalue weighted by atomic mass is 16.4. The minimum Gasteiger partial charge on any atom is -0.479 e. The second-order valence-electron chi connectivity index (χ2n) is 5.13. The Labute approximate surface area is 96.6 Å². The molecular weight excluding hydrogens is 206 g/mol. The van der Waals surface area contributed by atoms with E-state index >= 15 is 0 Å². The number of likely N-dealkylation sites (N-methyl/N-ethyl adjacent to an activating group) is 1. The molecule has 1 aliphatic carbocycles. The third kappa shape index (κ3) is 2.20. The number of nitrogens with zero attached hydrogens (tertiary/aromatic N) is 1. The van der Waals surface area contributed by atoms with Crippen LogP contribution in [0.4, 0.5) is 0 Å². The Kier molecular flexibility index (Phi) is 3.94. The Morgan fingerprint density at radius 2 is 1.94 bits per heavy atom. The van der Waals surface area contributed by atoms with Gasteiger partial charge in [0.15, 0.2) is 0 Å². The van der Waals surface area contributed by atoms with Crippen LogP contribution in [0.2, 0.25) is 0 Å². The van der Waals surface area contributed by atoms with Crippen molar-refractivity contribution >= 4 is 12.4 Å². The molecule has 4 heteroatoms. The summed E-state index contributed by atoms with van der Waals surface area (Å²) in [5.74, 6) is 0.310. The van der Waals surface area contributed by atoms with Crippen molar-refractivity contribution in [3.8, 4) is 0 Å². The third-order valence-corrected chi connectivity index (χ3v) is 4.03. The Morgan fingerprint density at radius 1 is 1.44 bits per heavy atom. The van der Waals surface area contributed by atoms with Crippen molar-refractivity contribution in [1.82, 2.24) is 4.90 Å². The SMILES string of the molecule is CC(C)C1CCC(C(=O)O)(N(C)C=O)CC1. The molecule has 0 bridgehead atoms. The van der Waals surface area contributed by atoms with Crippen LogP contribution >= 0.6 is 0 Å². The van der Waals surface area contributed by atoms with Gasteiger partial charge in [-0.2, -0.15) is 0 Å². The largest absolute Gasteiger partial charge is 0.479 e. The van der Waals surface area contributed by atoms with Crippen LogP contribution in [-0.4, -0.2) is 35.0 Å². The van der Waals surface area contributed by atoms with Crippen molar-refractivity contribution in [1.29, 1.82) is 0 Å². The number of carbonyl (C=O) groups excluding carboxylic acids is 1. The maximum atomic E-state index is 11.4. The average molecular weight is 227 g/mol. The Bertz CT molecular complexity index is 267. The molecule has 0 atom stereocenters. The maximum Gasteiger partial charge on any atom is 0.329 e. The molecular formula is C12H21NO3. The van der Waals surface area contributed by atoms with E-state index in [4.69, 9.17) is 0 Å². The number of carbonyl (C=O) groups is 2. The van der Waals surface area contributed by atoms with Gasteiger partial charge >= 0.3 is 5.97 Å². The fourth-order valence-electron chi connectivity index (χ4n) is 2.60. The highest BCUT2D eigenvalue weighted by Crippen LogP contribution is 2.38. The normalized spacial score (nSPS) is 30.1. The molecule has 0 saturated heterocycles. The summed E-state index contributed by atoms with van der Waals surface area (Å²) in [6.45, 7) is 4.34. The van der Waals surface area contributed by atoms with Gasteiger partial charge in [-0.05, 0) is 37.5 Å². The van der Waals surface area contributed by atoms with E-state index in [9.17, 15) is 14.7 Å². The van der Waals surface area contributed by atoms with Crippen LogP contribution in [0.5, 0.6) is 0 Å². The van der Waals surface area contributed by atoms with E-state index in [1.807, 2.05) is 0 Å². The molecule has 1 aliphatic rings. The van der Waals surface area contributed by atoms with Crippen molar-refractivity contribution in [3.05, 3.63) is 0 Å². The molecule has 1 saturated carbocycles. The van der Waals surface area contributed by atoms with Crippen molar-refractivity contribution in [2.75, 3.05) is 7.05 Å². The predicted octanol–water partition coefficient (Wildman–Crippen LogP) is 1.74. The monoisotopic (exact) mass is 227 g/mol. The number of hydrogen-bond acceptors (Lipinski definition) is 2. The number of rotatable bonds is 4. The van der Waals surface area contributed by atoms with Gasteiger partial charge in [0.2, 0.25) is 6.41 Å². The van der Waals surface area contributed by atoms with Crippen LogP contribution in [0.3, 0.4) is 0 Å². The minimum absolute atomic E-state index is 0.570. The van der Waals surface area contributed by atoms with Crippen LogP contribution in [0.25, 0.3) is 0 Å².